The van der Waals surface area contributed by atoms with E-state index in [1.165, 1.54) is 13.2 Å². The van der Waals surface area contributed by atoms with Gasteiger partial charge in [0.2, 0.25) is 11.8 Å². The van der Waals surface area contributed by atoms with Crippen molar-refractivity contribution in [2.75, 3.05) is 12.8 Å². The third-order valence-corrected chi connectivity index (χ3v) is 2.70. The van der Waals surface area contributed by atoms with Gasteiger partial charge in [0.1, 0.15) is 5.69 Å². The standard InChI is InChI=1S/C13H15N5O2/c1-8-4-3-5-15-10(8)7-16-12(19)9-6-11(20-2)18-13(14)17-9/h3-6H,7H2,1-2H3,(H,16,19)(H2,14,17,18). The van der Waals surface area contributed by atoms with Crippen LogP contribution in [-0.2, 0) is 6.54 Å². The summed E-state index contributed by atoms with van der Waals surface area (Å²) in [6.07, 6.45) is 1.68. The first-order chi connectivity index (χ1) is 9.60. The van der Waals surface area contributed by atoms with Crippen LogP contribution in [0.15, 0.2) is 24.4 Å². The molecule has 0 atom stereocenters. The van der Waals surface area contributed by atoms with Crippen molar-refractivity contribution in [3.8, 4) is 5.88 Å². The van der Waals surface area contributed by atoms with Gasteiger partial charge in [-0.1, -0.05) is 6.07 Å². The van der Waals surface area contributed by atoms with Gasteiger partial charge >= 0.3 is 0 Å². The number of nitrogens with two attached hydrogens (primary N) is 1. The number of rotatable bonds is 4. The third kappa shape index (κ3) is 3.19. The van der Waals surface area contributed by atoms with Crippen molar-refractivity contribution >= 4 is 11.9 Å². The fourth-order valence-electron chi connectivity index (χ4n) is 1.62. The number of aryl methyl sites for hydroxylation is 1. The molecule has 7 heteroatoms. The van der Waals surface area contributed by atoms with Crippen molar-refractivity contribution in [1.29, 1.82) is 0 Å². The van der Waals surface area contributed by atoms with Gasteiger partial charge in [0, 0.05) is 12.3 Å². The highest BCUT2D eigenvalue weighted by molar-refractivity contribution is 5.92. The summed E-state index contributed by atoms with van der Waals surface area (Å²) < 4.78 is 4.94. The zero-order valence-corrected chi connectivity index (χ0v) is 11.3. The van der Waals surface area contributed by atoms with Crippen LogP contribution in [-0.4, -0.2) is 28.0 Å². The van der Waals surface area contributed by atoms with E-state index in [4.69, 9.17) is 10.5 Å². The molecule has 2 rings (SSSR count). The molecule has 0 saturated heterocycles. The Kier molecular flexibility index (Phi) is 4.09. The van der Waals surface area contributed by atoms with Crippen LogP contribution in [0.2, 0.25) is 0 Å². The number of hydrogen-bond donors (Lipinski definition) is 2. The first kappa shape index (κ1) is 13.7. The Hall–Kier alpha value is -2.70. The topological polar surface area (TPSA) is 103 Å². The van der Waals surface area contributed by atoms with Crippen LogP contribution in [0.5, 0.6) is 5.88 Å². The molecule has 0 unspecified atom stereocenters. The molecule has 2 aromatic heterocycles. The maximum atomic E-state index is 12.0. The molecule has 7 nitrogen and oxygen atoms in total. The van der Waals surface area contributed by atoms with Crippen LogP contribution in [0.25, 0.3) is 0 Å². The molecule has 0 aliphatic heterocycles. The Morgan fingerprint density at radius 2 is 2.25 bits per heavy atom. The van der Waals surface area contributed by atoms with Gasteiger partial charge in [0.15, 0.2) is 0 Å². The van der Waals surface area contributed by atoms with E-state index in [1.54, 1.807) is 6.20 Å². The highest BCUT2D eigenvalue weighted by Crippen LogP contribution is 2.10. The lowest BCUT2D eigenvalue weighted by atomic mass is 10.2. The van der Waals surface area contributed by atoms with Gasteiger partial charge < -0.3 is 15.8 Å². The molecule has 1 amide bonds. The van der Waals surface area contributed by atoms with Crippen LogP contribution in [0.1, 0.15) is 21.7 Å². The van der Waals surface area contributed by atoms with Gasteiger partial charge in [0.25, 0.3) is 5.91 Å². The van der Waals surface area contributed by atoms with Gasteiger partial charge in [-0.2, -0.15) is 4.98 Å². The second-order valence-corrected chi connectivity index (χ2v) is 4.10. The lowest BCUT2D eigenvalue weighted by Gasteiger charge is -2.07. The molecule has 3 N–H and O–H groups in total. The van der Waals surface area contributed by atoms with Crippen LogP contribution in [0.3, 0.4) is 0 Å². The quantitative estimate of drug-likeness (QED) is 0.850. The predicted octanol–water partition coefficient (Wildman–Crippen LogP) is 0.701. The highest BCUT2D eigenvalue weighted by atomic mass is 16.5. The van der Waals surface area contributed by atoms with E-state index >= 15 is 0 Å². The summed E-state index contributed by atoms with van der Waals surface area (Å²) in [4.78, 5) is 23.9. The molecule has 104 valence electrons. The van der Waals surface area contributed by atoms with E-state index in [2.05, 4.69) is 20.3 Å². The summed E-state index contributed by atoms with van der Waals surface area (Å²) >= 11 is 0. The number of aromatic nitrogens is 3. The molecule has 20 heavy (non-hydrogen) atoms. The number of nitrogen functional groups attached to an aromatic ring is 1. The SMILES string of the molecule is COc1cc(C(=O)NCc2ncccc2C)nc(N)n1. The molecule has 0 aliphatic carbocycles. The summed E-state index contributed by atoms with van der Waals surface area (Å²) in [6, 6.07) is 5.20. The number of ether oxygens (including phenoxy) is 1. The lowest BCUT2D eigenvalue weighted by molar-refractivity contribution is 0.0945. The molecule has 0 fully saturated rings. The number of hydrogen-bond acceptors (Lipinski definition) is 6. The average molecular weight is 273 g/mol. The van der Waals surface area contributed by atoms with Gasteiger partial charge in [0.05, 0.1) is 19.3 Å². The average Bonchev–Trinajstić information content (AvgIpc) is 2.45. The van der Waals surface area contributed by atoms with Crippen LogP contribution in [0, 0.1) is 6.92 Å². The monoisotopic (exact) mass is 273 g/mol. The fourth-order valence-corrected chi connectivity index (χ4v) is 1.62. The maximum absolute atomic E-state index is 12.0. The summed E-state index contributed by atoms with van der Waals surface area (Å²) in [7, 11) is 1.45. The second kappa shape index (κ2) is 5.96. The minimum absolute atomic E-state index is 0.0106. The smallest absolute Gasteiger partial charge is 0.270 e. The summed E-state index contributed by atoms with van der Waals surface area (Å²) in [5, 5.41) is 2.73. The molecule has 0 bridgehead atoms. The molecule has 2 aromatic rings. The predicted molar refractivity (Wildman–Crippen MR) is 73.1 cm³/mol. The first-order valence-electron chi connectivity index (χ1n) is 5.97. The van der Waals surface area contributed by atoms with Crippen molar-refractivity contribution in [3.63, 3.8) is 0 Å². The van der Waals surface area contributed by atoms with Gasteiger partial charge in [-0.15, -0.1) is 0 Å². The fraction of sp³-hybridized carbons (Fsp3) is 0.231. The molecule has 0 saturated carbocycles. The summed E-state index contributed by atoms with van der Waals surface area (Å²) in [5.41, 5.74) is 7.47. The van der Waals surface area contributed by atoms with Crippen LogP contribution < -0.4 is 15.8 Å². The van der Waals surface area contributed by atoms with Gasteiger partial charge in [-0.25, -0.2) is 4.98 Å². The zero-order chi connectivity index (χ0) is 14.5. The number of carbonyl (C=O) groups excluding carboxylic acids is 1. The Morgan fingerprint density at radius 1 is 1.45 bits per heavy atom. The molecule has 0 aliphatic rings. The number of anilines is 1. The number of amides is 1. The van der Waals surface area contributed by atoms with E-state index in [0.717, 1.165) is 11.3 Å². The van der Waals surface area contributed by atoms with E-state index in [1.807, 2.05) is 19.1 Å². The molecular weight excluding hydrogens is 258 g/mol. The highest BCUT2D eigenvalue weighted by Gasteiger charge is 2.11. The first-order valence-corrected chi connectivity index (χ1v) is 5.97. The molecule has 2 heterocycles. The zero-order valence-electron chi connectivity index (χ0n) is 11.3. The Bertz CT molecular complexity index is 630. The number of nitrogens with zero attached hydrogens (tertiary/aromatic N) is 3. The van der Waals surface area contributed by atoms with Crippen molar-refractivity contribution in [3.05, 3.63) is 41.3 Å². The van der Waals surface area contributed by atoms with Crippen molar-refractivity contribution < 1.29 is 9.53 Å². The van der Waals surface area contributed by atoms with E-state index < -0.39 is 0 Å². The third-order valence-electron chi connectivity index (χ3n) is 2.70. The Labute approximate surface area is 116 Å². The van der Waals surface area contributed by atoms with E-state index in [9.17, 15) is 4.79 Å². The molecule has 0 aromatic carbocycles. The number of methoxy groups -OCH3 is 1. The number of nitrogens with one attached hydrogen (secondary N) is 1. The van der Waals surface area contributed by atoms with Crippen molar-refractivity contribution in [2.45, 2.75) is 13.5 Å². The van der Waals surface area contributed by atoms with Crippen molar-refractivity contribution in [2.24, 2.45) is 0 Å². The Balaban J connectivity index is 2.09. The maximum Gasteiger partial charge on any atom is 0.270 e. The van der Waals surface area contributed by atoms with Crippen LogP contribution in [0.4, 0.5) is 5.95 Å². The van der Waals surface area contributed by atoms with Gasteiger partial charge in [-0.05, 0) is 18.6 Å². The molecule has 0 spiro atoms. The van der Waals surface area contributed by atoms with Crippen molar-refractivity contribution in [1.82, 2.24) is 20.3 Å². The lowest BCUT2D eigenvalue weighted by Crippen LogP contribution is -2.25. The summed E-state index contributed by atoms with van der Waals surface area (Å²) in [6.45, 7) is 2.25. The van der Waals surface area contributed by atoms with E-state index in [-0.39, 0.29) is 23.4 Å². The Morgan fingerprint density at radius 3 is 2.95 bits per heavy atom. The largest absolute Gasteiger partial charge is 0.481 e. The number of carbonyl (C=O) groups is 1. The normalized spacial score (nSPS) is 10.1. The van der Waals surface area contributed by atoms with E-state index in [0.29, 0.717) is 6.54 Å². The van der Waals surface area contributed by atoms with Gasteiger partial charge in [-0.3, -0.25) is 9.78 Å². The second-order valence-electron chi connectivity index (χ2n) is 4.10. The molecular formula is C13H15N5O2. The molecule has 0 radical (unpaired) electrons. The minimum atomic E-state index is -0.359. The van der Waals surface area contributed by atoms with Crippen LogP contribution >= 0.6 is 0 Å². The minimum Gasteiger partial charge on any atom is -0.481 e. The summed E-state index contributed by atoms with van der Waals surface area (Å²) in [5.74, 6) is -0.123. The number of pyridine rings is 1.